The Morgan fingerprint density at radius 1 is 0.396 bits per heavy atom. The summed E-state index contributed by atoms with van der Waals surface area (Å²) in [6, 6.07) is 11.4. The van der Waals surface area contributed by atoms with E-state index in [1.807, 2.05) is 36.4 Å². The third-order valence-corrected chi connectivity index (χ3v) is 8.28. The number of nitrogens with zero attached hydrogens (tertiary/aromatic N) is 12. The standard InChI is InChI=1S/C14H10N4.C11H20N4.C9H16N4.2Ru/c1-3-7-15-11(5-1)13-9-18-14(10-17-13)12-6-2-4-8-16-12;1-3-11(14-6-1)4-8-13-10-9-12-5-2-7-15-11;1-3-10-5-7-12-9(1)2-4-11-6-8-13-9;;/h1-10H;1-10H2;1-8H2;;/q;2*-4;2*+4. The van der Waals surface area contributed by atoms with Crippen LogP contribution in [0.2, 0.25) is 0 Å². The van der Waals surface area contributed by atoms with Gasteiger partial charge in [0.2, 0.25) is 0 Å². The molecule has 7 heterocycles. The summed E-state index contributed by atoms with van der Waals surface area (Å²) in [5.41, 5.74) is 2.98. The van der Waals surface area contributed by atoms with E-state index in [4.69, 9.17) is 5.32 Å². The van der Waals surface area contributed by atoms with Crippen LogP contribution < -0.4 is 0 Å². The van der Waals surface area contributed by atoms with Crippen molar-refractivity contribution in [2.45, 2.75) is 49.9 Å². The Balaban J connectivity index is 0.000000194. The molecule has 12 nitrogen and oxygen atoms in total. The molecule has 4 saturated heterocycles. The first-order valence-electron chi connectivity index (χ1n) is 16.7. The zero-order valence-electron chi connectivity index (χ0n) is 27.6. The molecule has 14 heteroatoms. The van der Waals surface area contributed by atoms with Crippen molar-refractivity contribution in [2.24, 2.45) is 0 Å². The van der Waals surface area contributed by atoms with Gasteiger partial charge in [0.15, 0.2) is 0 Å². The van der Waals surface area contributed by atoms with Gasteiger partial charge in [-0.25, -0.2) is 11.3 Å². The molecule has 3 aromatic rings. The summed E-state index contributed by atoms with van der Waals surface area (Å²) < 4.78 is 0. The molecular formula is C34H46N12Ru2. The maximum atomic E-state index is 4.77. The Morgan fingerprint density at radius 2 is 0.833 bits per heavy atom. The van der Waals surface area contributed by atoms with E-state index < -0.39 is 0 Å². The second-order valence-electron chi connectivity index (χ2n) is 11.6. The Hall–Kier alpha value is -1.69. The van der Waals surface area contributed by atoms with Crippen LogP contribution in [0.25, 0.3) is 65.3 Å². The molecule has 2 spiro atoms. The van der Waals surface area contributed by atoms with Gasteiger partial charge in [-0.05, 0) is 24.3 Å². The van der Waals surface area contributed by atoms with Crippen molar-refractivity contribution < 1.29 is 39.0 Å². The van der Waals surface area contributed by atoms with E-state index in [1.165, 1.54) is 6.42 Å². The van der Waals surface area contributed by atoms with E-state index in [2.05, 4.69) is 57.2 Å². The number of aromatic nitrogens is 4. The van der Waals surface area contributed by atoms with E-state index in [1.54, 1.807) is 24.8 Å². The van der Waals surface area contributed by atoms with Gasteiger partial charge in [-0.1, -0.05) is 31.4 Å². The van der Waals surface area contributed by atoms with E-state index in [9.17, 15) is 0 Å². The topological polar surface area (TPSA) is 164 Å². The van der Waals surface area contributed by atoms with Crippen LogP contribution in [0.4, 0.5) is 0 Å². The van der Waals surface area contributed by atoms with Crippen LogP contribution in [0.15, 0.2) is 61.2 Å². The Morgan fingerprint density at radius 3 is 1.29 bits per heavy atom. The number of hydrogen-bond acceptors (Lipinski definition) is 4. The summed E-state index contributed by atoms with van der Waals surface area (Å²) in [5, 5.41) is 36.4. The van der Waals surface area contributed by atoms with Gasteiger partial charge in [-0.15, -0.1) is 25.8 Å². The smallest absolute Gasteiger partial charge is 0.677 e. The molecule has 0 N–H and O–H groups in total. The summed E-state index contributed by atoms with van der Waals surface area (Å²) in [6.07, 6.45) is 13.4. The van der Waals surface area contributed by atoms with Crippen molar-refractivity contribution in [1.82, 2.24) is 19.9 Å². The molecule has 258 valence electrons. The predicted molar refractivity (Wildman–Crippen MR) is 187 cm³/mol. The number of rotatable bonds is 2. The van der Waals surface area contributed by atoms with Crippen molar-refractivity contribution in [3.63, 3.8) is 0 Å². The fourth-order valence-corrected chi connectivity index (χ4v) is 5.74. The third-order valence-electron chi connectivity index (χ3n) is 8.28. The van der Waals surface area contributed by atoms with E-state index in [0.717, 1.165) is 133 Å². The average Bonchev–Trinajstić information content (AvgIpc) is 3.28. The number of hydrogen-bond donors (Lipinski definition) is 0. The van der Waals surface area contributed by atoms with E-state index in [0.29, 0.717) is 0 Å². The van der Waals surface area contributed by atoms with Crippen molar-refractivity contribution in [3.8, 4) is 22.8 Å². The molecule has 4 aliphatic rings. The fraction of sp³-hybridized carbons (Fsp3) is 0.588. The van der Waals surface area contributed by atoms with Gasteiger partial charge in [0.25, 0.3) is 0 Å². The van der Waals surface area contributed by atoms with Crippen LogP contribution in [0.3, 0.4) is 0 Å². The molecule has 0 aromatic carbocycles. The second-order valence-corrected chi connectivity index (χ2v) is 11.6. The molecule has 0 amide bonds. The maximum Gasteiger partial charge on any atom is 4.00 e. The maximum absolute atomic E-state index is 4.77. The average molecular weight is 825 g/mol. The molecule has 0 saturated carbocycles. The van der Waals surface area contributed by atoms with Gasteiger partial charge < -0.3 is 42.5 Å². The van der Waals surface area contributed by atoms with Gasteiger partial charge in [0.1, 0.15) is 11.4 Å². The van der Waals surface area contributed by atoms with Crippen LogP contribution in [-0.4, -0.2) is 110 Å². The molecule has 0 aliphatic carbocycles. The van der Waals surface area contributed by atoms with Crippen LogP contribution in [0, 0.1) is 0 Å². The predicted octanol–water partition coefficient (Wildman–Crippen LogP) is 7.35. The Bertz CT molecular complexity index is 1120. The van der Waals surface area contributed by atoms with Crippen LogP contribution in [0.1, 0.15) is 38.5 Å². The first-order chi connectivity index (χ1) is 22.8. The minimum Gasteiger partial charge on any atom is -0.677 e. The second kappa shape index (κ2) is 22.9. The van der Waals surface area contributed by atoms with Gasteiger partial charge in [0, 0.05) is 12.4 Å². The molecule has 0 radical (unpaired) electrons. The molecule has 1 unspecified atom stereocenters. The summed E-state index contributed by atoms with van der Waals surface area (Å²) in [5.74, 6) is 0. The van der Waals surface area contributed by atoms with Gasteiger partial charge in [0.05, 0.1) is 23.8 Å². The molecule has 7 rings (SSSR count). The SMILES string of the molecule is C1C[N-]C2(CC[N-]1)CC[N-]CC[N-]2.C1C[N-]CC[N-]CCC2(CCC[N-]2)[N-]C1.[Ru+4].[Ru+4].c1ccc(-c2cnc(-c3ccccn3)cn2)nc1. The monoisotopic (exact) mass is 826 g/mol. The van der Waals surface area contributed by atoms with E-state index >= 15 is 0 Å². The molecule has 0 bridgehead atoms. The minimum atomic E-state index is -0.111. The van der Waals surface area contributed by atoms with E-state index in [-0.39, 0.29) is 50.3 Å². The molecular weight excluding hydrogens is 779 g/mol. The van der Waals surface area contributed by atoms with Gasteiger partial charge in [-0.2, -0.15) is 72.0 Å². The first-order valence-corrected chi connectivity index (χ1v) is 16.7. The summed E-state index contributed by atoms with van der Waals surface area (Å²) in [7, 11) is 0. The fourth-order valence-electron chi connectivity index (χ4n) is 5.74. The Kier molecular flexibility index (Phi) is 19.4. The molecule has 4 fully saturated rings. The normalized spacial score (nSPS) is 22.8. The van der Waals surface area contributed by atoms with Crippen LogP contribution in [-0.2, 0) is 39.0 Å². The van der Waals surface area contributed by atoms with Crippen molar-refractivity contribution in [2.75, 3.05) is 78.5 Å². The third kappa shape index (κ3) is 13.6. The largest absolute Gasteiger partial charge is 4.00 e. The zero-order chi connectivity index (χ0) is 31.6. The summed E-state index contributed by atoms with van der Waals surface area (Å²) >= 11 is 0. The summed E-state index contributed by atoms with van der Waals surface area (Å²) in [4.78, 5) is 17.2. The van der Waals surface area contributed by atoms with Crippen molar-refractivity contribution in [3.05, 3.63) is 104 Å². The van der Waals surface area contributed by atoms with Crippen molar-refractivity contribution in [1.29, 1.82) is 0 Å². The van der Waals surface area contributed by atoms with Crippen molar-refractivity contribution >= 4 is 0 Å². The summed E-state index contributed by atoms with van der Waals surface area (Å²) in [6.45, 7) is 10.9. The molecule has 3 aromatic heterocycles. The van der Waals surface area contributed by atoms with Gasteiger partial charge in [-0.3, -0.25) is 19.9 Å². The van der Waals surface area contributed by atoms with Gasteiger partial charge >= 0.3 is 39.0 Å². The molecule has 4 aliphatic heterocycles. The molecule has 1 atom stereocenters. The zero-order valence-corrected chi connectivity index (χ0v) is 31.1. The van der Waals surface area contributed by atoms with Crippen LogP contribution in [0.5, 0.6) is 0 Å². The minimum absolute atomic E-state index is 0. The molecule has 48 heavy (non-hydrogen) atoms. The Labute approximate surface area is 312 Å². The first kappa shape index (κ1) is 40.7. The number of pyridine rings is 2. The quantitative estimate of drug-likeness (QED) is 0.247. The van der Waals surface area contributed by atoms with Crippen LogP contribution >= 0.6 is 0 Å².